The fraction of sp³-hybridized carbons (Fsp3) is 0.500. The summed E-state index contributed by atoms with van der Waals surface area (Å²) in [6, 6.07) is 8.91. The number of halogens is 1. The van der Waals surface area contributed by atoms with Crippen molar-refractivity contribution in [3.05, 3.63) is 30.0 Å². The minimum Gasteiger partial charge on any atom is -1.00 e. The van der Waals surface area contributed by atoms with Crippen molar-refractivity contribution in [2.45, 2.75) is 32.0 Å². The smallest absolute Gasteiger partial charge is 0.105 e. The summed E-state index contributed by atoms with van der Waals surface area (Å²) in [5.41, 5.74) is 2.33. The van der Waals surface area contributed by atoms with Crippen LogP contribution in [0.3, 0.4) is 0 Å². The van der Waals surface area contributed by atoms with Crippen molar-refractivity contribution in [2.24, 2.45) is 0 Å². The van der Waals surface area contributed by atoms with Gasteiger partial charge in [0.1, 0.15) is 6.10 Å². The van der Waals surface area contributed by atoms with Crippen LogP contribution in [-0.2, 0) is 11.3 Å². The van der Waals surface area contributed by atoms with E-state index >= 15 is 0 Å². The lowest BCUT2D eigenvalue weighted by Crippen LogP contribution is -3.00. The van der Waals surface area contributed by atoms with Crippen LogP contribution in [0.2, 0.25) is 0 Å². The summed E-state index contributed by atoms with van der Waals surface area (Å²) >= 11 is 0. The van der Waals surface area contributed by atoms with Gasteiger partial charge < -0.3 is 22.5 Å². The highest BCUT2D eigenvalue weighted by atomic mass is 35.5. The molecule has 0 aliphatic carbocycles. The summed E-state index contributed by atoms with van der Waals surface area (Å²) in [7, 11) is 2.11. The SMILES string of the molecule is C[NH2+]C(C)C[C@H]1OCCn2nc3ccccc3c21.[Cl-]. The number of aromatic nitrogens is 2. The molecule has 0 saturated heterocycles. The first-order valence-corrected chi connectivity index (χ1v) is 6.66. The van der Waals surface area contributed by atoms with E-state index in [2.05, 4.69) is 47.3 Å². The van der Waals surface area contributed by atoms with Crippen molar-refractivity contribution in [1.29, 1.82) is 0 Å². The van der Waals surface area contributed by atoms with E-state index in [0.29, 0.717) is 6.04 Å². The maximum Gasteiger partial charge on any atom is 0.105 e. The Morgan fingerprint density at radius 1 is 1.47 bits per heavy atom. The van der Waals surface area contributed by atoms with Crippen LogP contribution < -0.4 is 17.7 Å². The third-order valence-electron chi connectivity index (χ3n) is 3.77. The number of nitrogens with two attached hydrogens (primary N) is 1. The van der Waals surface area contributed by atoms with E-state index in [4.69, 9.17) is 4.74 Å². The zero-order chi connectivity index (χ0) is 12.5. The average molecular weight is 282 g/mol. The van der Waals surface area contributed by atoms with Crippen molar-refractivity contribution in [3.63, 3.8) is 0 Å². The van der Waals surface area contributed by atoms with Crippen LogP contribution in [0, 0.1) is 0 Å². The van der Waals surface area contributed by atoms with Gasteiger partial charge in [-0.15, -0.1) is 0 Å². The Hall–Kier alpha value is -1.10. The molecule has 1 unspecified atom stereocenters. The highest BCUT2D eigenvalue weighted by Crippen LogP contribution is 2.32. The highest BCUT2D eigenvalue weighted by molar-refractivity contribution is 5.81. The molecule has 0 spiro atoms. The Kier molecular flexibility index (Phi) is 4.45. The molecule has 0 fully saturated rings. The van der Waals surface area contributed by atoms with Crippen molar-refractivity contribution < 1.29 is 22.5 Å². The fourth-order valence-corrected chi connectivity index (χ4v) is 2.62. The van der Waals surface area contributed by atoms with E-state index < -0.39 is 0 Å². The van der Waals surface area contributed by atoms with Crippen LogP contribution in [0.5, 0.6) is 0 Å². The van der Waals surface area contributed by atoms with Gasteiger partial charge >= 0.3 is 0 Å². The molecule has 1 aliphatic heterocycles. The van der Waals surface area contributed by atoms with Gasteiger partial charge in [-0.25, -0.2) is 0 Å². The summed E-state index contributed by atoms with van der Waals surface area (Å²) in [5.74, 6) is 0. The minimum atomic E-state index is 0. The standard InChI is InChI=1S/C14H19N3O.ClH/c1-10(15-2)9-13-14-11-5-3-4-6-12(11)16-17(14)7-8-18-13;/h3-6,10,13,15H,7-9H2,1-2H3;1H/t10?,13-;/m1./s1. The van der Waals surface area contributed by atoms with E-state index in [1.165, 1.54) is 11.1 Å². The molecule has 2 heterocycles. The molecular weight excluding hydrogens is 262 g/mol. The van der Waals surface area contributed by atoms with Gasteiger partial charge in [-0.05, 0) is 13.0 Å². The van der Waals surface area contributed by atoms with Gasteiger partial charge in [-0.2, -0.15) is 5.10 Å². The molecule has 2 atom stereocenters. The Labute approximate surface area is 119 Å². The van der Waals surface area contributed by atoms with Gasteiger partial charge in [0.05, 0.1) is 37.5 Å². The number of ether oxygens (including phenoxy) is 1. The van der Waals surface area contributed by atoms with Gasteiger partial charge in [0.15, 0.2) is 0 Å². The van der Waals surface area contributed by atoms with Gasteiger partial charge in [0, 0.05) is 11.8 Å². The van der Waals surface area contributed by atoms with Crippen molar-refractivity contribution in [3.8, 4) is 0 Å². The lowest BCUT2D eigenvalue weighted by atomic mass is 10.0. The molecular formula is C14H20ClN3O. The van der Waals surface area contributed by atoms with Crippen LogP contribution in [0.4, 0.5) is 0 Å². The molecule has 2 aromatic rings. The normalized spacial score (nSPS) is 19.8. The quantitative estimate of drug-likeness (QED) is 0.713. The predicted octanol–water partition coefficient (Wildman–Crippen LogP) is -1.92. The zero-order valence-electron chi connectivity index (χ0n) is 11.3. The monoisotopic (exact) mass is 281 g/mol. The molecule has 0 saturated carbocycles. The number of fused-ring (bicyclic) bond motifs is 3. The second kappa shape index (κ2) is 5.90. The number of hydrogen-bond donors (Lipinski definition) is 1. The molecule has 0 amide bonds. The fourth-order valence-electron chi connectivity index (χ4n) is 2.62. The zero-order valence-corrected chi connectivity index (χ0v) is 12.1. The number of benzene rings is 1. The van der Waals surface area contributed by atoms with Gasteiger partial charge in [0.25, 0.3) is 0 Å². The first kappa shape index (κ1) is 14.3. The second-order valence-corrected chi connectivity index (χ2v) is 5.03. The molecule has 4 nitrogen and oxygen atoms in total. The minimum absolute atomic E-state index is 0. The van der Waals surface area contributed by atoms with Crippen LogP contribution >= 0.6 is 0 Å². The summed E-state index contributed by atoms with van der Waals surface area (Å²) in [6.07, 6.45) is 1.21. The summed E-state index contributed by atoms with van der Waals surface area (Å²) in [5, 5.41) is 8.14. The van der Waals surface area contributed by atoms with Crippen molar-refractivity contribution >= 4 is 10.9 Å². The molecule has 5 heteroatoms. The lowest BCUT2D eigenvalue weighted by molar-refractivity contribution is -0.661. The summed E-state index contributed by atoms with van der Waals surface area (Å²) in [4.78, 5) is 0. The molecule has 1 aliphatic rings. The number of rotatable bonds is 3. The molecule has 19 heavy (non-hydrogen) atoms. The Morgan fingerprint density at radius 3 is 3.05 bits per heavy atom. The highest BCUT2D eigenvalue weighted by Gasteiger charge is 2.27. The molecule has 1 aromatic carbocycles. The van der Waals surface area contributed by atoms with Gasteiger partial charge in [0.2, 0.25) is 0 Å². The number of nitrogens with zero attached hydrogens (tertiary/aromatic N) is 2. The Balaban J connectivity index is 0.00000133. The van der Waals surface area contributed by atoms with Gasteiger partial charge in [-0.3, -0.25) is 4.68 Å². The van der Waals surface area contributed by atoms with Crippen LogP contribution in [0.1, 0.15) is 25.1 Å². The third-order valence-corrected chi connectivity index (χ3v) is 3.77. The van der Waals surface area contributed by atoms with E-state index in [-0.39, 0.29) is 18.5 Å². The van der Waals surface area contributed by atoms with E-state index in [0.717, 1.165) is 25.1 Å². The van der Waals surface area contributed by atoms with Crippen molar-refractivity contribution in [2.75, 3.05) is 13.7 Å². The first-order valence-electron chi connectivity index (χ1n) is 6.66. The van der Waals surface area contributed by atoms with Crippen LogP contribution in [0.25, 0.3) is 10.9 Å². The number of hydrogen-bond acceptors (Lipinski definition) is 2. The van der Waals surface area contributed by atoms with E-state index in [1.54, 1.807) is 0 Å². The maximum atomic E-state index is 5.96. The van der Waals surface area contributed by atoms with Crippen LogP contribution in [-0.4, -0.2) is 29.5 Å². The summed E-state index contributed by atoms with van der Waals surface area (Å²) in [6.45, 7) is 3.87. The summed E-state index contributed by atoms with van der Waals surface area (Å²) < 4.78 is 8.09. The van der Waals surface area contributed by atoms with E-state index in [1.807, 2.05) is 6.07 Å². The number of quaternary nitrogens is 1. The van der Waals surface area contributed by atoms with Crippen molar-refractivity contribution in [1.82, 2.24) is 9.78 Å². The average Bonchev–Trinajstić information content (AvgIpc) is 2.78. The molecule has 0 radical (unpaired) electrons. The molecule has 1 aromatic heterocycles. The third kappa shape index (κ3) is 2.61. The molecule has 2 N–H and O–H groups in total. The second-order valence-electron chi connectivity index (χ2n) is 5.03. The van der Waals surface area contributed by atoms with Crippen LogP contribution in [0.15, 0.2) is 24.3 Å². The molecule has 104 valence electrons. The Morgan fingerprint density at radius 2 is 2.26 bits per heavy atom. The lowest BCUT2D eigenvalue weighted by Gasteiger charge is -2.25. The van der Waals surface area contributed by atoms with E-state index in [9.17, 15) is 0 Å². The molecule has 0 bridgehead atoms. The maximum absolute atomic E-state index is 5.96. The van der Waals surface area contributed by atoms with Gasteiger partial charge in [-0.1, -0.05) is 18.2 Å². The first-order chi connectivity index (χ1) is 8.79. The molecule has 3 rings (SSSR count). The largest absolute Gasteiger partial charge is 1.00 e. The Bertz CT molecular complexity index is 555. The topological polar surface area (TPSA) is 43.7 Å². The predicted molar refractivity (Wildman–Crippen MR) is 70.4 cm³/mol.